The van der Waals surface area contributed by atoms with Crippen LogP contribution < -0.4 is 0 Å². The standard InChI is InChI=1S/C10H12O2S/c1-3-4-9-5-7-10(8-6-9)13(2,11)12/h3,5-8H,1,4H2,2H3. The Morgan fingerprint density at radius 1 is 1.31 bits per heavy atom. The second-order valence-corrected chi connectivity index (χ2v) is 4.92. The van der Waals surface area contributed by atoms with Gasteiger partial charge < -0.3 is 0 Å². The Bertz CT molecular complexity index is 387. The number of hydrogen-bond donors (Lipinski definition) is 0. The minimum absolute atomic E-state index is 0.361. The first-order chi connectivity index (χ1) is 6.04. The van der Waals surface area contributed by atoms with Gasteiger partial charge in [-0.1, -0.05) is 18.2 Å². The van der Waals surface area contributed by atoms with Crippen LogP contribution in [0.15, 0.2) is 41.8 Å². The number of sulfone groups is 1. The van der Waals surface area contributed by atoms with E-state index in [0.29, 0.717) is 4.90 Å². The van der Waals surface area contributed by atoms with Gasteiger partial charge in [0, 0.05) is 6.26 Å². The number of allylic oxidation sites excluding steroid dienone is 1. The van der Waals surface area contributed by atoms with Gasteiger partial charge >= 0.3 is 0 Å². The summed E-state index contributed by atoms with van der Waals surface area (Å²) in [6.07, 6.45) is 3.76. The highest BCUT2D eigenvalue weighted by molar-refractivity contribution is 7.90. The van der Waals surface area contributed by atoms with Crippen molar-refractivity contribution in [1.29, 1.82) is 0 Å². The molecule has 0 atom stereocenters. The van der Waals surface area contributed by atoms with E-state index in [2.05, 4.69) is 6.58 Å². The predicted octanol–water partition coefficient (Wildman–Crippen LogP) is 1.82. The number of rotatable bonds is 3. The van der Waals surface area contributed by atoms with Crippen LogP contribution in [0.5, 0.6) is 0 Å². The fourth-order valence-electron chi connectivity index (χ4n) is 1.04. The van der Waals surface area contributed by atoms with Crippen LogP contribution in [0.4, 0.5) is 0 Å². The van der Waals surface area contributed by atoms with Crippen LogP contribution in [0.1, 0.15) is 5.56 Å². The van der Waals surface area contributed by atoms with Gasteiger partial charge in [0.15, 0.2) is 9.84 Å². The Labute approximate surface area is 78.8 Å². The third-order valence-corrected chi connectivity index (χ3v) is 2.86. The molecule has 0 unspecified atom stereocenters. The molecule has 0 aromatic heterocycles. The molecular formula is C10H12O2S. The molecule has 0 saturated carbocycles. The summed E-state index contributed by atoms with van der Waals surface area (Å²) in [7, 11) is -3.06. The molecule has 0 N–H and O–H groups in total. The van der Waals surface area contributed by atoms with Crippen LogP contribution in [0, 0.1) is 0 Å². The maximum absolute atomic E-state index is 11.1. The highest BCUT2D eigenvalue weighted by Crippen LogP contribution is 2.10. The molecule has 70 valence electrons. The summed E-state index contributed by atoms with van der Waals surface area (Å²) >= 11 is 0. The normalized spacial score (nSPS) is 11.2. The Hall–Kier alpha value is -1.09. The van der Waals surface area contributed by atoms with Crippen LogP contribution in [-0.4, -0.2) is 14.7 Å². The molecule has 0 bridgehead atoms. The van der Waals surface area contributed by atoms with Crippen molar-refractivity contribution in [2.75, 3.05) is 6.26 Å². The van der Waals surface area contributed by atoms with Crippen molar-refractivity contribution < 1.29 is 8.42 Å². The molecule has 0 fully saturated rings. The van der Waals surface area contributed by atoms with Gasteiger partial charge in [0.2, 0.25) is 0 Å². The molecule has 0 aliphatic heterocycles. The minimum Gasteiger partial charge on any atom is -0.224 e. The smallest absolute Gasteiger partial charge is 0.175 e. The van der Waals surface area contributed by atoms with E-state index < -0.39 is 9.84 Å². The summed E-state index contributed by atoms with van der Waals surface area (Å²) in [6, 6.07) is 6.85. The second-order valence-electron chi connectivity index (χ2n) is 2.91. The van der Waals surface area contributed by atoms with E-state index in [1.54, 1.807) is 30.3 Å². The fraction of sp³-hybridized carbons (Fsp3) is 0.200. The van der Waals surface area contributed by atoms with Crippen LogP contribution in [-0.2, 0) is 16.3 Å². The van der Waals surface area contributed by atoms with Gasteiger partial charge in [0.25, 0.3) is 0 Å². The molecule has 2 nitrogen and oxygen atoms in total. The third kappa shape index (κ3) is 2.70. The van der Waals surface area contributed by atoms with Gasteiger partial charge in [-0.3, -0.25) is 0 Å². The Morgan fingerprint density at radius 3 is 2.23 bits per heavy atom. The van der Waals surface area contributed by atoms with Crippen molar-refractivity contribution in [3.63, 3.8) is 0 Å². The Kier molecular flexibility index (Phi) is 2.88. The number of benzene rings is 1. The molecule has 1 aromatic rings. The fourth-order valence-corrected chi connectivity index (χ4v) is 1.67. The van der Waals surface area contributed by atoms with E-state index in [1.807, 2.05) is 0 Å². The Morgan fingerprint density at radius 2 is 1.85 bits per heavy atom. The van der Waals surface area contributed by atoms with E-state index in [-0.39, 0.29) is 0 Å². The molecular weight excluding hydrogens is 184 g/mol. The van der Waals surface area contributed by atoms with Crippen LogP contribution in [0.25, 0.3) is 0 Å². The lowest BCUT2D eigenvalue weighted by molar-refractivity contribution is 0.602. The highest BCUT2D eigenvalue weighted by Gasteiger charge is 2.04. The van der Waals surface area contributed by atoms with Gasteiger partial charge in [-0.05, 0) is 24.1 Å². The monoisotopic (exact) mass is 196 g/mol. The SMILES string of the molecule is C=CCc1ccc(S(C)(=O)=O)cc1. The lowest BCUT2D eigenvalue weighted by Crippen LogP contribution is -1.96. The minimum atomic E-state index is -3.06. The first-order valence-electron chi connectivity index (χ1n) is 3.94. The average molecular weight is 196 g/mol. The summed E-state index contributed by atoms with van der Waals surface area (Å²) in [5, 5.41) is 0. The molecule has 0 aliphatic carbocycles. The summed E-state index contributed by atoms with van der Waals surface area (Å²) in [5.74, 6) is 0. The molecule has 0 radical (unpaired) electrons. The summed E-state index contributed by atoms with van der Waals surface area (Å²) < 4.78 is 22.2. The van der Waals surface area contributed by atoms with Gasteiger partial charge in [-0.25, -0.2) is 8.42 Å². The van der Waals surface area contributed by atoms with Crippen molar-refractivity contribution >= 4 is 9.84 Å². The van der Waals surface area contributed by atoms with Crippen molar-refractivity contribution in [3.8, 4) is 0 Å². The summed E-state index contributed by atoms with van der Waals surface area (Å²) in [6.45, 7) is 3.61. The average Bonchev–Trinajstić information content (AvgIpc) is 2.04. The first kappa shape index (κ1) is 9.99. The Balaban J connectivity index is 3.01. The molecule has 0 aliphatic rings. The van der Waals surface area contributed by atoms with Gasteiger partial charge in [0.05, 0.1) is 4.90 Å². The van der Waals surface area contributed by atoms with Crippen LogP contribution in [0.3, 0.4) is 0 Å². The third-order valence-electron chi connectivity index (χ3n) is 1.73. The molecule has 1 aromatic carbocycles. The van der Waals surface area contributed by atoms with Crippen molar-refractivity contribution in [2.45, 2.75) is 11.3 Å². The van der Waals surface area contributed by atoms with Crippen molar-refractivity contribution in [1.82, 2.24) is 0 Å². The molecule has 13 heavy (non-hydrogen) atoms. The highest BCUT2D eigenvalue weighted by atomic mass is 32.2. The van der Waals surface area contributed by atoms with E-state index in [9.17, 15) is 8.42 Å². The van der Waals surface area contributed by atoms with E-state index >= 15 is 0 Å². The van der Waals surface area contributed by atoms with Gasteiger partial charge in [0.1, 0.15) is 0 Å². The largest absolute Gasteiger partial charge is 0.224 e. The van der Waals surface area contributed by atoms with E-state index in [0.717, 1.165) is 12.0 Å². The molecule has 0 heterocycles. The lowest BCUT2D eigenvalue weighted by Gasteiger charge is -1.99. The molecule has 3 heteroatoms. The van der Waals surface area contributed by atoms with Crippen LogP contribution in [0.2, 0.25) is 0 Å². The van der Waals surface area contributed by atoms with E-state index in [1.165, 1.54) is 6.26 Å². The topological polar surface area (TPSA) is 34.1 Å². The molecule has 0 spiro atoms. The number of hydrogen-bond acceptors (Lipinski definition) is 2. The molecule has 1 rings (SSSR count). The zero-order valence-electron chi connectivity index (χ0n) is 7.53. The lowest BCUT2D eigenvalue weighted by atomic mass is 10.2. The maximum atomic E-state index is 11.1. The maximum Gasteiger partial charge on any atom is 0.175 e. The zero-order chi connectivity index (χ0) is 9.90. The van der Waals surface area contributed by atoms with Crippen molar-refractivity contribution in [2.24, 2.45) is 0 Å². The van der Waals surface area contributed by atoms with Gasteiger partial charge in [-0.15, -0.1) is 6.58 Å². The second kappa shape index (κ2) is 3.75. The van der Waals surface area contributed by atoms with Gasteiger partial charge in [-0.2, -0.15) is 0 Å². The van der Waals surface area contributed by atoms with E-state index in [4.69, 9.17) is 0 Å². The predicted molar refractivity (Wildman–Crippen MR) is 53.5 cm³/mol. The summed E-state index contributed by atoms with van der Waals surface area (Å²) in [4.78, 5) is 0.361. The molecule has 0 saturated heterocycles. The van der Waals surface area contributed by atoms with Crippen molar-refractivity contribution in [3.05, 3.63) is 42.5 Å². The first-order valence-corrected chi connectivity index (χ1v) is 5.83. The molecule has 0 amide bonds. The zero-order valence-corrected chi connectivity index (χ0v) is 8.34. The van der Waals surface area contributed by atoms with Crippen LogP contribution >= 0.6 is 0 Å². The quantitative estimate of drug-likeness (QED) is 0.691. The summed E-state index contributed by atoms with van der Waals surface area (Å²) in [5.41, 5.74) is 1.07.